The van der Waals surface area contributed by atoms with Gasteiger partial charge < -0.3 is 5.73 Å². The Morgan fingerprint density at radius 1 is 1.39 bits per heavy atom. The van der Waals surface area contributed by atoms with Crippen LogP contribution >= 0.6 is 11.3 Å². The Bertz CT molecular complexity index is 681. The Kier molecular flexibility index (Phi) is 3.41. The van der Waals surface area contributed by atoms with Gasteiger partial charge in [0.25, 0.3) is 5.56 Å². The van der Waals surface area contributed by atoms with Crippen LogP contribution in [0.5, 0.6) is 0 Å². The van der Waals surface area contributed by atoms with Crippen LogP contribution in [0.15, 0.2) is 15.7 Å². The predicted molar refractivity (Wildman–Crippen MR) is 74.6 cm³/mol. The van der Waals surface area contributed by atoms with Crippen molar-refractivity contribution in [3.05, 3.63) is 31.8 Å². The van der Waals surface area contributed by atoms with Crippen molar-refractivity contribution in [1.82, 2.24) is 9.55 Å². The number of hydrogen-bond acceptors (Lipinski definition) is 4. The molecule has 0 fully saturated rings. The molecule has 18 heavy (non-hydrogen) atoms. The summed E-state index contributed by atoms with van der Waals surface area (Å²) in [7, 11) is 0. The minimum Gasteiger partial charge on any atom is -0.328 e. The molecule has 1 unspecified atom stereocenters. The van der Waals surface area contributed by atoms with Crippen molar-refractivity contribution < 1.29 is 0 Å². The van der Waals surface area contributed by atoms with Crippen LogP contribution in [0.4, 0.5) is 0 Å². The summed E-state index contributed by atoms with van der Waals surface area (Å²) in [5.41, 5.74) is 4.89. The van der Waals surface area contributed by atoms with Crippen LogP contribution < -0.4 is 17.0 Å². The Balaban J connectivity index is 2.77. The highest BCUT2D eigenvalue weighted by atomic mass is 32.1. The van der Waals surface area contributed by atoms with E-state index >= 15 is 0 Å². The first kappa shape index (κ1) is 13.0. The highest BCUT2D eigenvalue weighted by molar-refractivity contribution is 7.18. The summed E-state index contributed by atoms with van der Waals surface area (Å²) in [5, 5.41) is 0.573. The van der Waals surface area contributed by atoms with E-state index in [1.54, 1.807) is 6.92 Å². The number of nitrogens with zero attached hydrogens (tertiary/aromatic N) is 1. The second-order valence-electron chi connectivity index (χ2n) is 4.74. The maximum Gasteiger partial charge on any atom is 0.329 e. The number of rotatable bonds is 3. The zero-order valence-electron chi connectivity index (χ0n) is 10.7. The number of fused-ring (bicyclic) bond motifs is 1. The SMILES string of the molecule is CC(C)c1cc2c(=O)n(C(C)CN)c(=O)[nH]c2s1. The maximum atomic E-state index is 12.3. The van der Waals surface area contributed by atoms with E-state index in [4.69, 9.17) is 5.73 Å². The fourth-order valence-electron chi connectivity index (χ4n) is 1.83. The number of thiophene rings is 1. The van der Waals surface area contributed by atoms with Crippen LogP contribution in [0, 0.1) is 0 Å². The summed E-state index contributed by atoms with van der Waals surface area (Å²) in [5.74, 6) is 0.339. The van der Waals surface area contributed by atoms with Gasteiger partial charge in [-0.15, -0.1) is 11.3 Å². The highest BCUT2D eigenvalue weighted by Crippen LogP contribution is 2.26. The van der Waals surface area contributed by atoms with Crippen molar-refractivity contribution in [3.8, 4) is 0 Å². The number of nitrogens with two attached hydrogens (primary N) is 1. The van der Waals surface area contributed by atoms with Crippen LogP contribution in [0.2, 0.25) is 0 Å². The number of aromatic nitrogens is 2. The number of H-pyrrole nitrogens is 1. The first-order valence-electron chi connectivity index (χ1n) is 5.94. The van der Waals surface area contributed by atoms with Gasteiger partial charge in [0.2, 0.25) is 0 Å². The molecule has 0 bridgehead atoms. The standard InChI is InChI=1S/C12H17N3O2S/c1-6(2)9-4-8-10(18-9)14-12(17)15(11(8)16)7(3)5-13/h4,6-7H,5,13H2,1-3H3,(H,14,17). The minimum absolute atomic E-state index is 0.255. The molecule has 6 heteroatoms. The Labute approximate surface area is 108 Å². The third-order valence-electron chi connectivity index (χ3n) is 2.99. The lowest BCUT2D eigenvalue weighted by molar-refractivity contribution is 0.518. The van der Waals surface area contributed by atoms with Crippen molar-refractivity contribution >= 4 is 21.6 Å². The first-order chi connectivity index (χ1) is 8.45. The van der Waals surface area contributed by atoms with Crippen LogP contribution in [0.25, 0.3) is 10.2 Å². The Hall–Kier alpha value is -1.40. The number of aromatic amines is 1. The summed E-state index contributed by atoms with van der Waals surface area (Å²) in [6, 6.07) is 1.57. The van der Waals surface area contributed by atoms with Gasteiger partial charge in [0.1, 0.15) is 4.83 Å². The number of nitrogens with one attached hydrogen (secondary N) is 1. The Morgan fingerprint density at radius 2 is 2.06 bits per heavy atom. The summed E-state index contributed by atoms with van der Waals surface area (Å²) in [6.07, 6.45) is 0. The molecule has 2 heterocycles. The summed E-state index contributed by atoms with van der Waals surface area (Å²) < 4.78 is 1.19. The normalized spacial score (nSPS) is 13.4. The predicted octanol–water partition coefficient (Wildman–Crippen LogP) is 1.39. The lowest BCUT2D eigenvalue weighted by Gasteiger charge is -2.10. The van der Waals surface area contributed by atoms with Crippen molar-refractivity contribution in [3.63, 3.8) is 0 Å². The molecule has 0 aliphatic heterocycles. The minimum atomic E-state index is -0.386. The van der Waals surface area contributed by atoms with Gasteiger partial charge in [-0.25, -0.2) is 4.79 Å². The molecular weight excluding hydrogens is 250 g/mol. The van der Waals surface area contributed by atoms with E-state index in [0.717, 1.165) is 4.88 Å². The molecule has 0 aliphatic carbocycles. The molecule has 0 aromatic carbocycles. The average molecular weight is 267 g/mol. The fourth-order valence-corrected chi connectivity index (χ4v) is 2.87. The molecule has 0 radical (unpaired) electrons. The summed E-state index contributed by atoms with van der Waals surface area (Å²) in [6.45, 7) is 6.14. The van der Waals surface area contributed by atoms with Crippen molar-refractivity contribution in [2.24, 2.45) is 5.73 Å². The maximum absolute atomic E-state index is 12.3. The summed E-state index contributed by atoms with van der Waals surface area (Å²) >= 11 is 1.46. The van der Waals surface area contributed by atoms with Crippen LogP contribution in [0.1, 0.15) is 37.6 Å². The van der Waals surface area contributed by atoms with Gasteiger partial charge in [-0.2, -0.15) is 0 Å². The van der Waals surface area contributed by atoms with Crippen LogP contribution in [-0.2, 0) is 0 Å². The smallest absolute Gasteiger partial charge is 0.328 e. The molecule has 2 aromatic heterocycles. The molecule has 2 aromatic rings. The van der Waals surface area contributed by atoms with E-state index in [-0.39, 0.29) is 23.8 Å². The van der Waals surface area contributed by atoms with E-state index in [0.29, 0.717) is 16.1 Å². The quantitative estimate of drug-likeness (QED) is 0.882. The van der Waals surface area contributed by atoms with Crippen molar-refractivity contribution in [2.75, 3.05) is 6.54 Å². The summed E-state index contributed by atoms with van der Waals surface area (Å²) in [4.78, 5) is 28.7. The van der Waals surface area contributed by atoms with E-state index in [2.05, 4.69) is 18.8 Å². The average Bonchev–Trinajstić information content (AvgIpc) is 2.72. The lowest BCUT2D eigenvalue weighted by Crippen LogP contribution is -2.39. The number of hydrogen-bond donors (Lipinski definition) is 2. The third-order valence-corrected chi connectivity index (χ3v) is 4.34. The molecule has 1 atom stereocenters. The van der Waals surface area contributed by atoms with Crippen molar-refractivity contribution in [2.45, 2.75) is 32.7 Å². The van der Waals surface area contributed by atoms with Gasteiger partial charge in [-0.3, -0.25) is 14.3 Å². The molecule has 2 rings (SSSR count). The molecule has 3 N–H and O–H groups in total. The topological polar surface area (TPSA) is 80.9 Å². The van der Waals surface area contributed by atoms with Gasteiger partial charge >= 0.3 is 5.69 Å². The van der Waals surface area contributed by atoms with Crippen molar-refractivity contribution in [1.29, 1.82) is 0 Å². The van der Waals surface area contributed by atoms with Gasteiger partial charge in [0.15, 0.2) is 0 Å². The molecule has 0 saturated heterocycles. The van der Waals surface area contributed by atoms with E-state index < -0.39 is 0 Å². The van der Waals surface area contributed by atoms with Gasteiger partial charge in [-0.1, -0.05) is 13.8 Å². The molecule has 0 aliphatic rings. The zero-order valence-corrected chi connectivity index (χ0v) is 11.5. The molecule has 0 saturated carbocycles. The third kappa shape index (κ3) is 2.02. The highest BCUT2D eigenvalue weighted by Gasteiger charge is 2.15. The van der Waals surface area contributed by atoms with E-state index in [1.165, 1.54) is 15.9 Å². The second-order valence-corrected chi connectivity index (χ2v) is 5.82. The van der Waals surface area contributed by atoms with Gasteiger partial charge in [-0.05, 0) is 18.9 Å². The zero-order chi connectivity index (χ0) is 13.4. The fraction of sp³-hybridized carbons (Fsp3) is 0.500. The molecule has 5 nitrogen and oxygen atoms in total. The molecule has 98 valence electrons. The largest absolute Gasteiger partial charge is 0.329 e. The van der Waals surface area contributed by atoms with Gasteiger partial charge in [0.05, 0.1) is 11.4 Å². The van der Waals surface area contributed by atoms with Gasteiger partial charge in [0, 0.05) is 11.4 Å². The molecule has 0 spiro atoms. The first-order valence-corrected chi connectivity index (χ1v) is 6.75. The molecular formula is C12H17N3O2S. The van der Waals surface area contributed by atoms with Crippen LogP contribution in [0.3, 0.4) is 0 Å². The monoisotopic (exact) mass is 267 g/mol. The van der Waals surface area contributed by atoms with E-state index in [9.17, 15) is 9.59 Å². The second kappa shape index (κ2) is 4.70. The Morgan fingerprint density at radius 3 is 2.61 bits per heavy atom. The molecule has 0 amide bonds. The van der Waals surface area contributed by atoms with E-state index in [1.807, 2.05) is 6.07 Å². The lowest BCUT2D eigenvalue weighted by atomic mass is 10.2. The van der Waals surface area contributed by atoms with Crippen LogP contribution in [-0.4, -0.2) is 16.1 Å².